The number of aliphatic imine (C=N–C) groups is 1. The number of carbonyl (C=O) groups excluding carboxylic acids is 3. The van der Waals surface area contributed by atoms with Gasteiger partial charge >= 0.3 is 5.97 Å². The van der Waals surface area contributed by atoms with Gasteiger partial charge in [0.25, 0.3) is 0 Å². The van der Waals surface area contributed by atoms with Gasteiger partial charge in [-0.15, -0.1) is 0 Å². The molecule has 0 radical (unpaired) electrons. The number of carboxylic acids is 1. The number of aromatic amines is 1. The van der Waals surface area contributed by atoms with E-state index in [1.165, 1.54) is 19.4 Å². The number of rotatable bonds is 17. The van der Waals surface area contributed by atoms with E-state index >= 15 is 0 Å². The number of carbonyl (C=O) groups is 4. The molecule has 13 N–H and O–H groups in total. The van der Waals surface area contributed by atoms with Gasteiger partial charge in [0.15, 0.2) is 5.96 Å². The number of hydrogen-bond donors (Lipinski definition) is 9. The van der Waals surface area contributed by atoms with E-state index < -0.39 is 47.9 Å². The molecule has 1 heterocycles. The smallest absolute Gasteiger partial charge is 0.326 e. The van der Waals surface area contributed by atoms with Crippen LogP contribution >= 0.6 is 0 Å². The standard InChI is InChI=1S/C21H38N10O5/c1-12(23)17(32)31-16(9-13-10-26-11-28-13)19(34)29-14(5-2-3-7-22)18(33)30-15(20(35)36)6-4-8-27-21(24)25/h10-12,14-16H,2-9,22-23H2,1H3,(H,26,28)(H,29,34)(H,30,33)(H,31,32)(H,35,36)(H4,24,25,27). The molecular formula is C21H38N10O5. The van der Waals surface area contributed by atoms with Crippen LogP contribution in [-0.4, -0.2) is 82.0 Å². The van der Waals surface area contributed by atoms with Gasteiger partial charge in [-0.3, -0.25) is 19.4 Å². The van der Waals surface area contributed by atoms with Gasteiger partial charge in [0, 0.05) is 24.9 Å². The van der Waals surface area contributed by atoms with Crippen molar-refractivity contribution in [1.82, 2.24) is 25.9 Å². The van der Waals surface area contributed by atoms with Gasteiger partial charge in [0.05, 0.1) is 12.4 Å². The van der Waals surface area contributed by atoms with E-state index in [9.17, 15) is 24.3 Å². The molecule has 0 fully saturated rings. The van der Waals surface area contributed by atoms with Crippen molar-refractivity contribution in [1.29, 1.82) is 0 Å². The average molecular weight is 511 g/mol. The third kappa shape index (κ3) is 11.6. The van der Waals surface area contributed by atoms with Crippen LogP contribution in [0.1, 0.15) is 44.7 Å². The first-order chi connectivity index (χ1) is 17.0. The monoisotopic (exact) mass is 510 g/mol. The molecule has 0 saturated carbocycles. The molecule has 0 aromatic carbocycles. The number of aromatic nitrogens is 2. The lowest BCUT2D eigenvalue weighted by molar-refractivity contribution is -0.142. The third-order valence-corrected chi connectivity index (χ3v) is 5.17. The molecule has 1 aromatic heterocycles. The summed E-state index contributed by atoms with van der Waals surface area (Å²) in [5, 5.41) is 17.2. The summed E-state index contributed by atoms with van der Waals surface area (Å²) in [5.74, 6) is -3.21. The van der Waals surface area contributed by atoms with Crippen LogP contribution in [0.15, 0.2) is 17.5 Å². The molecule has 4 atom stereocenters. The Morgan fingerprint density at radius 1 is 1.00 bits per heavy atom. The molecule has 15 nitrogen and oxygen atoms in total. The number of hydrogen-bond acceptors (Lipinski definition) is 8. The minimum atomic E-state index is -1.23. The van der Waals surface area contributed by atoms with E-state index in [0.29, 0.717) is 31.5 Å². The number of nitrogens with zero attached hydrogens (tertiary/aromatic N) is 2. The van der Waals surface area contributed by atoms with Crippen LogP contribution in [0.4, 0.5) is 0 Å². The number of carboxylic acid groups (broad SMARTS) is 1. The van der Waals surface area contributed by atoms with Gasteiger partial charge in [-0.25, -0.2) is 9.78 Å². The highest BCUT2D eigenvalue weighted by molar-refractivity contribution is 5.94. The maximum absolute atomic E-state index is 13.1. The third-order valence-electron chi connectivity index (χ3n) is 5.17. The maximum atomic E-state index is 13.1. The zero-order valence-electron chi connectivity index (χ0n) is 20.4. The van der Waals surface area contributed by atoms with Gasteiger partial charge in [-0.05, 0) is 45.6 Å². The number of amides is 3. The molecule has 36 heavy (non-hydrogen) atoms. The largest absolute Gasteiger partial charge is 0.480 e. The van der Waals surface area contributed by atoms with Crippen molar-refractivity contribution in [2.45, 2.75) is 69.6 Å². The number of aliphatic carboxylic acids is 1. The van der Waals surface area contributed by atoms with Gasteiger partial charge in [0.2, 0.25) is 17.7 Å². The average Bonchev–Trinajstić information content (AvgIpc) is 3.32. The Labute approximate surface area is 209 Å². The van der Waals surface area contributed by atoms with Crippen molar-refractivity contribution in [2.75, 3.05) is 13.1 Å². The van der Waals surface area contributed by atoms with E-state index in [-0.39, 0.29) is 31.8 Å². The van der Waals surface area contributed by atoms with E-state index in [0.717, 1.165) is 0 Å². The highest BCUT2D eigenvalue weighted by Crippen LogP contribution is 2.07. The molecule has 0 saturated heterocycles. The Morgan fingerprint density at radius 2 is 1.61 bits per heavy atom. The minimum absolute atomic E-state index is 0.0734. The summed E-state index contributed by atoms with van der Waals surface area (Å²) in [6.45, 7) is 2.06. The molecule has 1 aromatic rings. The van der Waals surface area contributed by atoms with E-state index in [1.54, 1.807) is 0 Å². The fourth-order valence-electron chi connectivity index (χ4n) is 3.20. The zero-order valence-corrected chi connectivity index (χ0v) is 20.4. The zero-order chi connectivity index (χ0) is 27.1. The lowest BCUT2D eigenvalue weighted by Gasteiger charge is -2.25. The summed E-state index contributed by atoms with van der Waals surface area (Å²) >= 11 is 0. The van der Waals surface area contributed by atoms with Crippen molar-refractivity contribution < 1.29 is 24.3 Å². The van der Waals surface area contributed by atoms with Crippen molar-refractivity contribution in [3.63, 3.8) is 0 Å². The maximum Gasteiger partial charge on any atom is 0.326 e. The summed E-state index contributed by atoms with van der Waals surface area (Å²) in [6.07, 6.45) is 4.72. The molecule has 0 aliphatic heterocycles. The van der Waals surface area contributed by atoms with Gasteiger partial charge < -0.3 is 49.0 Å². The van der Waals surface area contributed by atoms with E-state index in [4.69, 9.17) is 22.9 Å². The summed E-state index contributed by atoms with van der Waals surface area (Å²) < 4.78 is 0. The molecule has 15 heteroatoms. The van der Waals surface area contributed by atoms with Crippen molar-refractivity contribution in [3.8, 4) is 0 Å². The fraction of sp³-hybridized carbons (Fsp3) is 0.619. The highest BCUT2D eigenvalue weighted by Gasteiger charge is 2.30. The van der Waals surface area contributed by atoms with Crippen LogP contribution in [0.3, 0.4) is 0 Å². The number of nitrogens with two attached hydrogens (primary N) is 4. The molecule has 3 amide bonds. The summed E-state index contributed by atoms with van der Waals surface area (Å²) in [7, 11) is 0. The second-order valence-corrected chi connectivity index (χ2v) is 8.32. The molecule has 0 aliphatic carbocycles. The summed E-state index contributed by atoms with van der Waals surface area (Å²) in [6, 6.07) is -4.18. The SMILES string of the molecule is CC(N)C(=O)NC(Cc1cnc[nH]1)C(=O)NC(CCCCN)C(=O)NC(CCCN=C(N)N)C(=O)O. The Morgan fingerprint density at radius 3 is 2.17 bits per heavy atom. The van der Waals surface area contributed by atoms with E-state index in [2.05, 4.69) is 30.9 Å². The van der Waals surface area contributed by atoms with Gasteiger partial charge in [-0.1, -0.05) is 0 Å². The Bertz CT molecular complexity index is 870. The molecule has 4 unspecified atom stereocenters. The lowest BCUT2D eigenvalue weighted by atomic mass is 10.0. The van der Waals surface area contributed by atoms with Crippen LogP contribution < -0.4 is 38.9 Å². The van der Waals surface area contributed by atoms with Gasteiger partial charge in [-0.2, -0.15) is 0 Å². The number of unbranched alkanes of at least 4 members (excludes halogenated alkanes) is 1. The first kappa shape index (κ1) is 30.3. The first-order valence-electron chi connectivity index (χ1n) is 11.7. The van der Waals surface area contributed by atoms with Crippen molar-refractivity contribution in [2.24, 2.45) is 27.9 Å². The lowest BCUT2D eigenvalue weighted by Crippen LogP contribution is -2.57. The molecule has 1 rings (SSSR count). The molecule has 202 valence electrons. The second-order valence-electron chi connectivity index (χ2n) is 8.32. The Balaban J connectivity index is 2.96. The Hall–Kier alpha value is -3.72. The first-order valence-corrected chi connectivity index (χ1v) is 11.7. The van der Waals surface area contributed by atoms with Crippen LogP contribution in [0.5, 0.6) is 0 Å². The van der Waals surface area contributed by atoms with Crippen molar-refractivity contribution in [3.05, 3.63) is 18.2 Å². The van der Waals surface area contributed by atoms with Crippen LogP contribution in [0.2, 0.25) is 0 Å². The predicted octanol–water partition coefficient (Wildman–Crippen LogP) is -2.98. The predicted molar refractivity (Wildman–Crippen MR) is 132 cm³/mol. The van der Waals surface area contributed by atoms with Crippen LogP contribution in [-0.2, 0) is 25.6 Å². The van der Waals surface area contributed by atoms with Crippen LogP contribution in [0, 0.1) is 0 Å². The molecule has 0 spiro atoms. The normalized spacial score (nSPS) is 14.1. The van der Waals surface area contributed by atoms with E-state index in [1.807, 2.05) is 0 Å². The quantitative estimate of drug-likeness (QED) is 0.0582. The number of imidazole rings is 1. The van der Waals surface area contributed by atoms with Gasteiger partial charge in [0.1, 0.15) is 18.1 Å². The Kier molecular flexibility index (Phi) is 13.5. The number of nitrogens with one attached hydrogen (secondary N) is 4. The fourth-order valence-corrected chi connectivity index (χ4v) is 3.20. The molecular weight excluding hydrogens is 472 g/mol. The summed E-state index contributed by atoms with van der Waals surface area (Å²) in [4.78, 5) is 60.5. The van der Waals surface area contributed by atoms with Crippen LogP contribution in [0.25, 0.3) is 0 Å². The molecule has 0 bridgehead atoms. The van der Waals surface area contributed by atoms with Crippen molar-refractivity contribution >= 4 is 29.7 Å². The topological polar surface area (TPSA) is 270 Å². The molecule has 0 aliphatic rings. The minimum Gasteiger partial charge on any atom is -0.480 e. The summed E-state index contributed by atoms with van der Waals surface area (Å²) in [5.41, 5.74) is 22.3. The highest BCUT2D eigenvalue weighted by atomic mass is 16.4. The number of H-pyrrole nitrogens is 1. The number of guanidine groups is 1. The second kappa shape index (κ2) is 16.0.